The highest BCUT2D eigenvalue weighted by Crippen LogP contribution is 2.21. The molecule has 0 fully saturated rings. The Morgan fingerprint density at radius 1 is 1.28 bits per heavy atom. The molecule has 0 spiro atoms. The van der Waals surface area contributed by atoms with Gasteiger partial charge in [0.2, 0.25) is 0 Å². The Morgan fingerprint density at radius 3 is 2.61 bits per heavy atom. The fourth-order valence-electron chi connectivity index (χ4n) is 1.72. The van der Waals surface area contributed by atoms with Crippen molar-refractivity contribution < 1.29 is 19.4 Å². The number of hydrogen-bond acceptors (Lipinski definition) is 3. The van der Waals surface area contributed by atoms with Gasteiger partial charge in [0.15, 0.2) is 0 Å². The maximum Gasteiger partial charge on any atom is 0.328 e. The Bertz CT molecular complexity index is 508. The Labute approximate surface area is 105 Å². The van der Waals surface area contributed by atoms with Crippen LogP contribution in [0.5, 0.6) is 0 Å². The molecule has 1 aromatic rings. The minimum absolute atomic E-state index is 0.392. The molecule has 0 aromatic heterocycles. The Hall–Kier alpha value is -1.88. The molecule has 0 atom stereocenters. The van der Waals surface area contributed by atoms with Gasteiger partial charge in [0.05, 0.1) is 13.2 Å². The molecular formula is C13H15NO4. The van der Waals surface area contributed by atoms with E-state index in [-0.39, 0.29) is 0 Å². The average molecular weight is 249 g/mol. The summed E-state index contributed by atoms with van der Waals surface area (Å²) < 4.78 is 5.26. The topological polar surface area (TPSA) is 75.6 Å². The second-order valence-corrected chi connectivity index (χ2v) is 4.86. The van der Waals surface area contributed by atoms with E-state index in [2.05, 4.69) is 5.32 Å². The minimum Gasteiger partial charge on any atom is -0.480 e. The lowest BCUT2D eigenvalue weighted by molar-refractivity contribution is -0.143. The number of carbonyl (C=O) groups excluding carboxylic acids is 1. The summed E-state index contributed by atoms with van der Waals surface area (Å²) >= 11 is 0. The maximum absolute atomic E-state index is 11.9. The van der Waals surface area contributed by atoms with Gasteiger partial charge in [-0.15, -0.1) is 0 Å². The number of rotatable bonds is 3. The van der Waals surface area contributed by atoms with Crippen LogP contribution in [-0.4, -0.2) is 22.5 Å². The largest absolute Gasteiger partial charge is 0.480 e. The zero-order valence-electron chi connectivity index (χ0n) is 10.3. The number of amides is 1. The predicted octanol–water partition coefficient (Wildman–Crippen LogP) is 1.31. The molecule has 5 nitrogen and oxygen atoms in total. The Kier molecular flexibility index (Phi) is 3.09. The predicted molar refractivity (Wildman–Crippen MR) is 64.1 cm³/mol. The average Bonchev–Trinajstić information content (AvgIpc) is 2.74. The van der Waals surface area contributed by atoms with Crippen molar-refractivity contribution in [3.05, 3.63) is 34.9 Å². The molecule has 1 amide bonds. The first-order chi connectivity index (χ1) is 8.40. The van der Waals surface area contributed by atoms with Crippen LogP contribution in [0, 0.1) is 0 Å². The van der Waals surface area contributed by atoms with Crippen LogP contribution in [0.4, 0.5) is 0 Å². The van der Waals surface area contributed by atoms with Gasteiger partial charge in [-0.05, 0) is 37.1 Å². The van der Waals surface area contributed by atoms with Gasteiger partial charge in [0, 0.05) is 5.56 Å². The number of hydrogen-bond donors (Lipinski definition) is 2. The van der Waals surface area contributed by atoms with Crippen molar-refractivity contribution in [2.24, 2.45) is 0 Å². The molecule has 96 valence electrons. The van der Waals surface area contributed by atoms with Crippen molar-refractivity contribution in [3.63, 3.8) is 0 Å². The zero-order valence-corrected chi connectivity index (χ0v) is 10.3. The van der Waals surface area contributed by atoms with Crippen LogP contribution in [0.1, 0.15) is 35.3 Å². The van der Waals surface area contributed by atoms with Crippen molar-refractivity contribution in [1.29, 1.82) is 0 Å². The Balaban J connectivity index is 2.17. The smallest absolute Gasteiger partial charge is 0.328 e. The molecule has 18 heavy (non-hydrogen) atoms. The van der Waals surface area contributed by atoms with Gasteiger partial charge in [-0.25, -0.2) is 4.79 Å². The second-order valence-electron chi connectivity index (χ2n) is 4.86. The maximum atomic E-state index is 11.9. The number of aliphatic carboxylic acids is 1. The van der Waals surface area contributed by atoms with Gasteiger partial charge < -0.3 is 15.2 Å². The summed E-state index contributed by atoms with van der Waals surface area (Å²) in [5, 5.41) is 11.4. The van der Waals surface area contributed by atoms with Crippen LogP contribution in [0.15, 0.2) is 18.2 Å². The number of carboxylic acid groups (broad SMARTS) is 1. The molecule has 2 N–H and O–H groups in total. The van der Waals surface area contributed by atoms with E-state index in [9.17, 15) is 9.59 Å². The molecule has 2 rings (SSSR count). The number of fused-ring (bicyclic) bond motifs is 1. The number of nitrogens with one attached hydrogen (secondary N) is 1. The highest BCUT2D eigenvalue weighted by molar-refractivity contribution is 5.97. The molecule has 1 aromatic carbocycles. The van der Waals surface area contributed by atoms with Gasteiger partial charge in [-0.3, -0.25) is 4.79 Å². The number of carboxylic acids is 1. The molecular weight excluding hydrogens is 234 g/mol. The number of carbonyl (C=O) groups is 2. The van der Waals surface area contributed by atoms with Gasteiger partial charge in [-0.2, -0.15) is 0 Å². The van der Waals surface area contributed by atoms with Gasteiger partial charge in [0.1, 0.15) is 5.54 Å². The van der Waals surface area contributed by atoms with E-state index in [0.717, 1.165) is 11.1 Å². The normalized spacial score (nSPS) is 14.1. The third-order valence-electron chi connectivity index (χ3n) is 2.94. The molecule has 0 radical (unpaired) electrons. The summed E-state index contributed by atoms with van der Waals surface area (Å²) in [4.78, 5) is 22.9. The molecule has 0 saturated carbocycles. The summed E-state index contributed by atoms with van der Waals surface area (Å²) in [6.45, 7) is 3.96. The van der Waals surface area contributed by atoms with E-state index in [1.54, 1.807) is 12.1 Å². The van der Waals surface area contributed by atoms with E-state index in [1.807, 2.05) is 6.07 Å². The number of ether oxygens (including phenoxy) is 1. The SMILES string of the molecule is CC(C)(NC(=O)c1ccc2c(c1)COC2)C(=O)O. The summed E-state index contributed by atoms with van der Waals surface area (Å²) in [6, 6.07) is 5.27. The van der Waals surface area contributed by atoms with Crippen molar-refractivity contribution in [2.45, 2.75) is 32.6 Å². The van der Waals surface area contributed by atoms with Crippen LogP contribution in [0.25, 0.3) is 0 Å². The van der Waals surface area contributed by atoms with Crippen molar-refractivity contribution in [1.82, 2.24) is 5.32 Å². The second kappa shape index (κ2) is 4.42. The van der Waals surface area contributed by atoms with Crippen molar-refractivity contribution in [2.75, 3.05) is 0 Å². The highest BCUT2D eigenvalue weighted by atomic mass is 16.5. The lowest BCUT2D eigenvalue weighted by Gasteiger charge is -2.21. The molecule has 5 heteroatoms. The molecule has 1 aliphatic heterocycles. The van der Waals surface area contributed by atoms with Crippen LogP contribution in [0.3, 0.4) is 0 Å². The lowest BCUT2D eigenvalue weighted by Crippen LogP contribution is -2.49. The van der Waals surface area contributed by atoms with Gasteiger partial charge in [0.25, 0.3) is 5.91 Å². The molecule has 0 saturated heterocycles. The third kappa shape index (κ3) is 2.36. The summed E-state index contributed by atoms with van der Waals surface area (Å²) in [7, 11) is 0. The molecule has 0 bridgehead atoms. The van der Waals surface area contributed by atoms with E-state index in [4.69, 9.17) is 9.84 Å². The van der Waals surface area contributed by atoms with Crippen LogP contribution in [0.2, 0.25) is 0 Å². The molecule has 0 unspecified atom stereocenters. The van der Waals surface area contributed by atoms with Gasteiger partial charge in [-0.1, -0.05) is 6.07 Å². The summed E-state index contributed by atoms with van der Waals surface area (Å²) in [5.74, 6) is -1.46. The van der Waals surface area contributed by atoms with E-state index in [1.165, 1.54) is 13.8 Å². The fourth-order valence-corrected chi connectivity index (χ4v) is 1.72. The van der Waals surface area contributed by atoms with Crippen LogP contribution < -0.4 is 5.32 Å². The zero-order chi connectivity index (χ0) is 13.3. The molecule has 1 aliphatic rings. The standard InChI is InChI=1S/C13H15NO4/c1-13(2,12(16)17)14-11(15)8-3-4-9-6-18-7-10(9)5-8/h3-5H,6-7H2,1-2H3,(H,14,15)(H,16,17). The quantitative estimate of drug-likeness (QED) is 0.846. The van der Waals surface area contributed by atoms with E-state index >= 15 is 0 Å². The third-order valence-corrected chi connectivity index (χ3v) is 2.94. The molecule has 0 aliphatic carbocycles. The number of benzene rings is 1. The van der Waals surface area contributed by atoms with Crippen molar-refractivity contribution >= 4 is 11.9 Å². The van der Waals surface area contributed by atoms with E-state index < -0.39 is 17.4 Å². The molecule has 1 heterocycles. The minimum atomic E-state index is -1.29. The van der Waals surface area contributed by atoms with Crippen LogP contribution in [-0.2, 0) is 22.7 Å². The van der Waals surface area contributed by atoms with Crippen LogP contribution >= 0.6 is 0 Å². The summed E-state index contributed by atoms with van der Waals surface area (Å²) in [6.07, 6.45) is 0. The Morgan fingerprint density at radius 2 is 1.94 bits per heavy atom. The van der Waals surface area contributed by atoms with E-state index in [0.29, 0.717) is 18.8 Å². The van der Waals surface area contributed by atoms with Gasteiger partial charge >= 0.3 is 5.97 Å². The highest BCUT2D eigenvalue weighted by Gasteiger charge is 2.29. The first-order valence-electron chi connectivity index (χ1n) is 5.65. The summed E-state index contributed by atoms with van der Waals surface area (Å²) in [5.41, 5.74) is 1.22. The fraction of sp³-hybridized carbons (Fsp3) is 0.385. The lowest BCUT2D eigenvalue weighted by atomic mass is 10.0. The monoisotopic (exact) mass is 249 g/mol. The first-order valence-corrected chi connectivity index (χ1v) is 5.65. The van der Waals surface area contributed by atoms with Crippen molar-refractivity contribution in [3.8, 4) is 0 Å². The first kappa shape index (κ1) is 12.6.